The molecule has 0 aliphatic carbocycles. The van der Waals surface area contributed by atoms with Crippen LogP contribution in [-0.2, 0) is 22.4 Å². The maximum Gasteiger partial charge on any atom is 0.264 e. The zero-order valence-electron chi connectivity index (χ0n) is 13.6. The lowest BCUT2D eigenvalue weighted by molar-refractivity contribution is -0.136. The third kappa shape index (κ3) is 2.32. The Labute approximate surface area is 143 Å². The Hall–Kier alpha value is -2.74. The number of carbonyl (C=O) groups is 4. The number of carbonyl (C=O) groups excluding carboxylic acids is 4. The van der Waals surface area contributed by atoms with Crippen LogP contribution in [-0.4, -0.2) is 47.7 Å². The van der Waals surface area contributed by atoms with Gasteiger partial charge in [-0.3, -0.25) is 29.4 Å². The summed E-state index contributed by atoms with van der Waals surface area (Å²) >= 11 is 0. The summed E-state index contributed by atoms with van der Waals surface area (Å²) in [5, 5.41) is 5.46. The largest absolute Gasteiger partial charge is 0.398 e. The van der Waals surface area contributed by atoms with Gasteiger partial charge in [0, 0.05) is 12.1 Å². The van der Waals surface area contributed by atoms with Gasteiger partial charge >= 0.3 is 0 Å². The van der Waals surface area contributed by atoms with Crippen molar-refractivity contribution in [2.75, 3.05) is 18.8 Å². The zero-order chi connectivity index (χ0) is 17.7. The Morgan fingerprint density at radius 2 is 1.80 bits per heavy atom. The standard InChI is InChI=1S/C17H18N4O4/c18-14-9-4-6-19-5-3-8(9)7-10-13(14)17(25)21(16(10)24)11-1-2-12(22)20-15(11)23/h7,11,19H,1-6,18H2,(H,20,22,23). The molecule has 8 nitrogen and oxygen atoms in total. The fourth-order valence-electron chi connectivity index (χ4n) is 3.84. The maximum atomic E-state index is 12.9. The number of hydrogen-bond donors (Lipinski definition) is 3. The van der Waals surface area contributed by atoms with E-state index in [9.17, 15) is 19.2 Å². The highest BCUT2D eigenvalue weighted by Gasteiger charge is 2.46. The maximum absolute atomic E-state index is 12.9. The molecule has 130 valence electrons. The van der Waals surface area contributed by atoms with Crippen LogP contribution in [0.4, 0.5) is 5.69 Å². The topological polar surface area (TPSA) is 122 Å². The lowest BCUT2D eigenvalue weighted by atomic mass is 9.94. The van der Waals surface area contributed by atoms with Gasteiger partial charge in [0.25, 0.3) is 11.8 Å². The number of anilines is 1. The first-order valence-corrected chi connectivity index (χ1v) is 8.35. The van der Waals surface area contributed by atoms with Gasteiger partial charge in [0.1, 0.15) is 6.04 Å². The van der Waals surface area contributed by atoms with Crippen molar-refractivity contribution in [2.24, 2.45) is 0 Å². The average Bonchev–Trinajstić information content (AvgIpc) is 2.74. The number of nitrogen functional groups attached to an aromatic ring is 1. The number of imide groups is 2. The fourth-order valence-corrected chi connectivity index (χ4v) is 3.84. The Balaban J connectivity index is 1.76. The second-order valence-electron chi connectivity index (χ2n) is 6.55. The van der Waals surface area contributed by atoms with Gasteiger partial charge in [-0.2, -0.15) is 0 Å². The molecule has 1 saturated heterocycles. The van der Waals surface area contributed by atoms with Crippen LogP contribution in [0.25, 0.3) is 0 Å². The number of fused-ring (bicyclic) bond motifs is 2. The Morgan fingerprint density at radius 1 is 1.04 bits per heavy atom. The third-order valence-corrected chi connectivity index (χ3v) is 5.10. The molecule has 4 N–H and O–H groups in total. The van der Waals surface area contributed by atoms with E-state index in [1.54, 1.807) is 6.07 Å². The monoisotopic (exact) mass is 342 g/mol. The van der Waals surface area contributed by atoms with Crippen molar-refractivity contribution < 1.29 is 19.2 Å². The van der Waals surface area contributed by atoms with Gasteiger partial charge in [-0.05, 0) is 49.5 Å². The van der Waals surface area contributed by atoms with E-state index in [1.165, 1.54) is 0 Å². The van der Waals surface area contributed by atoms with E-state index < -0.39 is 29.7 Å². The van der Waals surface area contributed by atoms with Gasteiger partial charge in [0.05, 0.1) is 11.1 Å². The van der Waals surface area contributed by atoms with Gasteiger partial charge in [-0.1, -0.05) is 0 Å². The van der Waals surface area contributed by atoms with Gasteiger partial charge < -0.3 is 11.1 Å². The molecule has 1 fully saturated rings. The summed E-state index contributed by atoms with van der Waals surface area (Å²) in [7, 11) is 0. The molecular formula is C17H18N4O4. The van der Waals surface area contributed by atoms with Crippen molar-refractivity contribution >= 4 is 29.3 Å². The highest BCUT2D eigenvalue weighted by atomic mass is 16.2. The van der Waals surface area contributed by atoms with E-state index in [0.29, 0.717) is 12.1 Å². The number of benzene rings is 1. The number of nitrogens with one attached hydrogen (secondary N) is 2. The highest BCUT2D eigenvalue weighted by Crippen LogP contribution is 2.35. The predicted octanol–water partition coefficient (Wildman–Crippen LogP) is -0.642. The van der Waals surface area contributed by atoms with Crippen LogP contribution in [0, 0.1) is 0 Å². The molecule has 3 aliphatic rings. The quantitative estimate of drug-likeness (QED) is 0.461. The van der Waals surface area contributed by atoms with Crippen LogP contribution in [0.15, 0.2) is 6.07 Å². The number of rotatable bonds is 1. The Kier molecular flexibility index (Phi) is 3.57. The van der Waals surface area contributed by atoms with Crippen molar-refractivity contribution in [3.63, 3.8) is 0 Å². The Morgan fingerprint density at radius 3 is 2.56 bits per heavy atom. The lowest BCUT2D eigenvalue weighted by Crippen LogP contribution is -2.54. The van der Waals surface area contributed by atoms with Gasteiger partial charge in [0.15, 0.2) is 0 Å². The number of hydrogen-bond acceptors (Lipinski definition) is 6. The highest BCUT2D eigenvalue weighted by molar-refractivity contribution is 6.25. The molecule has 0 saturated carbocycles. The van der Waals surface area contributed by atoms with E-state index in [1.807, 2.05) is 0 Å². The summed E-state index contributed by atoms with van der Waals surface area (Å²) in [5.41, 5.74) is 8.89. The zero-order valence-corrected chi connectivity index (χ0v) is 13.6. The first-order chi connectivity index (χ1) is 12.0. The van der Waals surface area contributed by atoms with Crippen molar-refractivity contribution in [2.45, 2.75) is 31.7 Å². The minimum absolute atomic E-state index is 0.0987. The average molecular weight is 342 g/mol. The molecule has 1 atom stereocenters. The molecule has 4 amide bonds. The van der Waals surface area contributed by atoms with Gasteiger partial charge in [0.2, 0.25) is 11.8 Å². The van der Waals surface area contributed by atoms with E-state index in [0.717, 1.165) is 35.5 Å². The van der Waals surface area contributed by atoms with E-state index in [-0.39, 0.29) is 24.0 Å². The molecular weight excluding hydrogens is 324 g/mol. The minimum atomic E-state index is -0.967. The number of amides is 4. The predicted molar refractivity (Wildman–Crippen MR) is 87.8 cm³/mol. The summed E-state index contributed by atoms with van der Waals surface area (Å²) in [6.07, 6.45) is 1.65. The molecule has 1 aromatic carbocycles. The molecule has 0 aromatic heterocycles. The SMILES string of the molecule is Nc1c2c(cc3c1C(=O)N(C1CCC(=O)NC1=O)C3=O)CCNCC2. The summed E-state index contributed by atoms with van der Waals surface area (Å²) in [4.78, 5) is 50.1. The normalized spacial score (nSPS) is 23.2. The molecule has 1 unspecified atom stereocenters. The number of nitrogens with zero attached hydrogens (tertiary/aromatic N) is 1. The van der Waals surface area contributed by atoms with Gasteiger partial charge in [-0.25, -0.2) is 0 Å². The molecule has 3 aliphatic heterocycles. The second kappa shape index (κ2) is 5.66. The summed E-state index contributed by atoms with van der Waals surface area (Å²) in [6.45, 7) is 1.54. The van der Waals surface area contributed by atoms with E-state index >= 15 is 0 Å². The molecule has 0 spiro atoms. The summed E-state index contributed by atoms with van der Waals surface area (Å²) in [6, 6.07) is 0.770. The number of piperidine rings is 1. The molecule has 3 heterocycles. The van der Waals surface area contributed by atoms with Crippen molar-refractivity contribution in [3.8, 4) is 0 Å². The van der Waals surface area contributed by atoms with Crippen LogP contribution in [0.5, 0.6) is 0 Å². The summed E-state index contributed by atoms with van der Waals surface area (Å²) in [5.74, 6) is -2.07. The fraction of sp³-hybridized carbons (Fsp3) is 0.412. The van der Waals surface area contributed by atoms with Crippen LogP contribution in [0.3, 0.4) is 0 Å². The molecule has 8 heteroatoms. The third-order valence-electron chi connectivity index (χ3n) is 5.10. The van der Waals surface area contributed by atoms with Crippen LogP contribution in [0.2, 0.25) is 0 Å². The molecule has 25 heavy (non-hydrogen) atoms. The van der Waals surface area contributed by atoms with Crippen molar-refractivity contribution in [1.29, 1.82) is 0 Å². The van der Waals surface area contributed by atoms with Crippen molar-refractivity contribution in [1.82, 2.24) is 15.5 Å². The van der Waals surface area contributed by atoms with Crippen molar-refractivity contribution in [3.05, 3.63) is 28.3 Å². The smallest absolute Gasteiger partial charge is 0.264 e. The summed E-state index contributed by atoms with van der Waals surface area (Å²) < 4.78 is 0. The van der Waals surface area contributed by atoms with E-state index in [4.69, 9.17) is 5.73 Å². The Bertz CT molecular complexity index is 832. The number of nitrogens with two attached hydrogens (primary N) is 1. The van der Waals surface area contributed by atoms with Crippen LogP contribution < -0.4 is 16.4 Å². The minimum Gasteiger partial charge on any atom is -0.398 e. The van der Waals surface area contributed by atoms with Crippen LogP contribution >= 0.6 is 0 Å². The molecule has 1 aromatic rings. The van der Waals surface area contributed by atoms with Gasteiger partial charge in [-0.15, -0.1) is 0 Å². The molecule has 0 bridgehead atoms. The molecule has 0 radical (unpaired) electrons. The van der Waals surface area contributed by atoms with Crippen LogP contribution in [0.1, 0.15) is 44.7 Å². The molecule has 4 rings (SSSR count). The van der Waals surface area contributed by atoms with E-state index in [2.05, 4.69) is 10.6 Å². The lowest BCUT2D eigenvalue weighted by Gasteiger charge is -2.27. The first kappa shape index (κ1) is 15.8. The second-order valence-corrected chi connectivity index (χ2v) is 6.55. The first-order valence-electron chi connectivity index (χ1n) is 8.35.